The minimum absolute atomic E-state index is 0.0790. The Labute approximate surface area is 176 Å². The third-order valence-corrected chi connectivity index (χ3v) is 4.19. The van der Waals surface area contributed by atoms with Crippen molar-refractivity contribution in [3.05, 3.63) is 54.1 Å². The van der Waals surface area contributed by atoms with Crippen LogP contribution in [0.4, 0.5) is 11.4 Å². The number of carbonyl (C=O) groups excluding carboxylic acids is 3. The summed E-state index contributed by atoms with van der Waals surface area (Å²) in [6.07, 6.45) is 0.864. The van der Waals surface area contributed by atoms with Crippen LogP contribution >= 0.6 is 0 Å². The number of nitrogens with one attached hydrogen (secondary N) is 3. The maximum atomic E-state index is 12.4. The second kappa shape index (κ2) is 11.6. The monoisotopic (exact) mass is 412 g/mol. The Balaban J connectivity index is 1.87. The second-order valence-electron chi connectivity index (χ2n) is 6.80. The lowest BCUT2D eigenvalue weighted by Gasteiger charge is -2.16. The van der Waals surface area contributed by atoms with E-state index in [2.05, 4.69) is 16.0 Å². The zero-order valence-corrected chi connectivity index (χ0v) is 17.5. The topological polar surface area (TPSA) is 99.8 Å². The third kappa shape index (κ3) is 7.21. The molecule has 3 amide bonds. The van der Waals surface area contributed by atoms with Gasteiger partial charge in [0.1, 0.15) is 5.75 Å². The van der Waals surface area contributed by atoms with E-state index in [-0.39, 0.29) is 30.8 Å². The van der Waals surface area contributed by atoms with Crippen molar-refractivity contribution in [2.45, 2.75) is 13.3 Å². The summed E-state index contributed by atoms with van der Waals surface area (Å²) in [5, 5.41) is 8.33. The molecule has 0 unspecified atom stereocenters. The van der Waals surface area contributed by atoms with Gasteiger partial charge in [-0.3, -0.25) is 19.3 Å². The van der Waals surface area contributed by atoms with E-state index in [0.717, 1.165) is 6.42 Å². The van der Waals surface area contributed by atoms with Gasteiger partial charge < -0.3 is 20.7 Å². The van der Waals surface area contributed by atoms with Crippen LogP contribution in [0, 0.1) is 0 Å². The van der Waals surface area contributed by atoms with Crippen molar-refractivity contribution in [2.24, 2.45) is 0 Å². The van der Waals surface area contributed by atoms with E-state index in [1.165, 1.54) is 7.11 Å². The lowest BCUT2D eigenvalue weighted by molar-refractivity contribution is -0.122. The molecule has 3 N–H and O–H groups in total. The summed E-state index contributed by atoms with van der Waals surface area (Å²) < 4.78 is 5.23. The van der Waals surface area contributed by atoms with Gasteiger partial charge in [0.15, 0.2) is 0 Å². The average molecular weight is 412 g/mol. The van der Waals surface area contributed by atoms with Crippen LogP contribution in [0.1, 0.15) is 23.7 Å². The Morgan fingerprint density at radius 2 is 1.60 bits per heavy atom. The van der Waals surface area contributed by atoms with E-state index in [4.69, 9.17) is 4.74 Å². The first kappa shape index (κ1) is 22.9. The fourth-order valence-electron chi connectivity index (χ4n) is 2.71. The molecule has 8 nitrogen and oxygen atoms in total. The van der Waals surface area contributed by atoms with Crippen molar-refractivity contribution < 1.29 is 19.1 Å². The van der Waals surface area contributed by atoms with Gasteiger partial charge in [0, 0.05) is 17.8 Å². The molecule has 0 aliphatic heterocycles. The van der Waals surface area contributed by atoms with Crippen molar-refractivity contribution >= 4 is 29.1 Å². The van der Waals surface area contributed by atoms with Crippen molar-refractivity contribution in [3.63, 3.8) is 0 Å². The smallest absolute Gasteiger partial charge is 0.255 e. The van der Waals surface area contributed by atoms with Crippen LogP contribution < -0.4 is 20.7 Å². The molecule has 0 spiro atoms. The standard InChI is InChI=1S/C22H28N4O4/c1-4-13-23-20(27)14-26(2)15-21(28)24-17-11-9-16(10-12-17)22(29)25-18-7-5-6-8-19(18)30-3/h5-12H,4,13-15H2,1-3H3,(H,23,27)(H,24,28)(H,25,29). The summed E-state index contributed by atoms with van der Waals surface area (Å²) in [6.45, 7) is 2.83. The van der Waals surface area contributed by atoms with Gasteiger partial charge in [0.25, 0.3) is 5.91 Å². The first-order valence-electron chi connectivity index (χ1n) is 9.72. The van der Waals surface area contributed by atoms with Crippen LogP contribution in [0.3, 0.4) is 0 Å². The first-order valence-corrected chi connectivity index (χ1v) is 9.72. The van der Waals surface area contributed by atoms with E-state index >= 15 is 0 Å². The third-order valence-electron chi connectivity index (χ3n) is 4.19. The number of anilines is 2. The number of amides is 3. The predicted octanol–water partition coefficient (Wildman–Crippen LogP) is 2.34. The van der Waals surface area contributed by atoms with Crippen LogP contribution in [-0.2, 0) is 9.59 Å². The summed E-state index contributed by atoms with van der Waals surface area (Å²) in [5.41, 5.74) is 1.59. The van der Waals surface area contributed by atoms with Crippen molar-refractivity contribution in [3.8, 4) is 5.75 Å². The molecule has 0 saturated heterocycles. The van der Waals surface area contributed by atoms with E-state index in [9.17, 15) is 14.4 Å². The van der Waals surface area contributed by atoms with Gasteiger partial charge in [-0.05, 0) is 49.9 Å². The lowest BCUT2D eigenvalue weighted by Crippen LogP contribution is -2.39. The average Bonchev–Trinajstić information content (AvgIpc) is 2.72. The maximum Gasteiger partial charge on any atom is 0.255 e. The maximum absolute atomic E-state index is 12.4. The van der Waals surface area contributed by atoms with Crippen LogP contribution in [0.2, 0.25) is 0 Å². The van der Waals surface area contributed by atoms with Crippen LogP contribution in [0.5, 0.6) is 5.75 Å². The van der Waals surface area contributed by atoms with Crippen LogP contribution in [-0.4, -0.2) is 56.4 Å². The van der Waals surface area contributed by atoms with Gasteiger partial charge in [0.05, 0.1) is 25.9 Å². The van der Waals surface area contributed by atoms with E-state index in [1.807, 2.05) is 13.0 Å². The molecule has 0 fully saturated rings. The fraction of sp³-hybridized carbons (Fsp3) is 0.318. The van der Waals surface area contributed by atoms with Gasteiger partial charge >= 0.3 is 0 Å². The van der Waals surface area contributed by atoms with Crippen molar-refractivity contribution in [1.82, 2.24) is 10.2 Å². The molecular weight excluding hydrogens is 384 g/mol. The molecule has 0 heterocycles. The number of benzene rings is 2. The quantitative estimate of drug-likeness (QED) is 0.556. The number of hydrogen-bond acceptors (Lipinski definition) is 5. The Morgan fingerprint density at radius 1 is 0.933 bits per heavy atom. The zero-order valence-electron chi connectivity index (χ0n) is 17.5. The van der Waals surface area contributed by atoms with E-state index in [1.54, 1.807) is 54.4 Å². The van der Waals surface area contributed by atoms with Gasteiger partial charge in [-0.15, -0.1) is 0 Å². The van der Waals surface area contributed by atoms with Gasteiger partial charge in [-0.1, -0.05) is 19.1 Å². The second-order valence-corrected chi connectivity index (χ2v) is 6.80. The Bertz CT molecular complexity index is 868. The predicted molar refractivity (Wildman–Crippen MR) is 117 cm³/mol. The van der Waals surface area contributed by atoms with Crippen LogP contribution in [0.15, 0.2) is 48.5 Å². The van der Waals surface area contributed by atoms with Crippen LogP contribution in [0.25, 0.3) is 0 Å². The normalized spacial score (nSPS) is 10.4. The number of hydrogen-bond donors (Lipinski definition) is 3. The van der Waals surface area contributed by atoms with Gasteiger partial charge in [0.2, 0.25) is 11.8 Å². The molecular formula is C22H28N4O4. The summed E-state index contributed by atoms with van der Waals surface area (Å²) in [5.74, 6) is -0.0676. The number of rotatable bonds is 10. The highest BCUT2D eigenvalue weighted by atomic mass is 16.5. The number of methoxy groups -OCH3 is 1. The minimum atomic E-state index is -0.282. The number of likely N-dealkylation sites (N-methyl/N-ethyl adjacent to an activating group) is 1. The highest BCUT2D eigenvalue weighted by Gasteiger charge is 2.12. The number of nitrogens with zero attached hydrogens (tertiary/aromatic N) is 1. The summed E-state index contributed by atoms with van der Waals surface area (Å²) >= 11 is 0. The molecule has 8 heteroatoms. The van der Waals surface area contributed by atoms with Gasteiger partial charge in [-0.2, -0.15) is 0 Å². The Morgan fingerprint density at radius 3 is 2.27 bits per heavy atom. The molecule has 160 valence electrons. The molecule has 2 aromatic carbocycles. The largest absolute Gasteiger partial charge is 0.495 e. The summed E-state index contributed by atoms with van der Waals surface area (Å²) in [4.78, 5) is 37.9. The highest BCUT2D eigenvalue weighted by molar-refractivity contribution is 6.05. The van der Waals surface area contributed by atoms with E-state index < -0.39 is 0 Å². The Hall–Kier alpha value is -3.39. The number of ether oxygens (including phenoxy) is 1. The van der Waals surface area contributed by atoms with Crippen molar-refractivity contribution in [1.29, 1.82) is 0 Å². The molecule has 0 bridgehead atoms. The molecule has 0 atom stereocenters. The first-order chi connectivity index (χ1) is 14.4. The SMILES string of the molecule is CCCNC(=O)CN(C)CC(=O)Nc1ccc(C(=O)Nc2ccccc2OC)cc1. The molecule has 2 aromatic rings. The molecule has 0 saturated carbocycles. The number of carbonyl (C=O) groups is 3. The lowest BCUT2D eigenvalue weighted by atomic mass is 10.2. The van der Waals surface area contributed by atoms with Gasteiger partial charge in [-0.25, -0.2) is 0 Å². The fourth-order valence-corrected chi connectivity index (χ4v) is 2.71. The molecule has 0 aromatic heterocycles. The highest BCUT2D eigenvalue weighted by Crippen LogP contribution is 2.23. The molecule has 2 rings (SSSR count). The minimum Gasteiger partial charge on any atom is -0.495 e. The molecule has 0 radical (unpaired) electrons. The Kier molecular flexibility index (Phi) is 8.83. The summed E-state index contributed by atoms with van der Waals surface area (Å²) in [7, 11) is 3.24. The van der Waals surface area contributed by atoms with Crippen molar-refractivity contribution in [2.75, 3.05) is 44.4 Å². The van der Waals surface area contributed by atoms with E-state index in [0.29, 0.717) is 29.2 Å². The molecule has 30 heavy (non-hydrogen) atoms. The number of para-hydroxylation sites is 2. The molecule has 0 aliphatic rings. The zero-order chi connectivity index (χ0) is 21.9. The summed E-state index contributed by atoms with van der Waals surface area (Å²) in [6, 6.07) is 13.7. The molecule has 0 aliphatic carbocycles.